The molecular weight excluding hydrogens is 319 g/mol. The molecule has 1 saturated heterocycles. The van der Waals surface area contributed by atoms with Crippen LogP contribution < -0.4 is 5.32 Å². The Morgan fingerprint density at radius 1 is 1.40 bits per heavy atom. The van der Waals surface area contributed by atoms with E-state index in [0.717, 1.165) is 36.6 Å². The summed E-state index contributed by atoms with van der Waals surface area (Å²) >= 11 is 3.48. The van der Waals surface area contributed by atoms with E-state index in [2.05, 4.69) is 40.0 Å². The first-order valence-corrected chi connectivity index (χ1v) is 8.30. The zero-order valence-electron chi connectivity index (χ0n) is 12.3. The van der Waals surface area contributed by atoms with Gasteiger partial charge in [0.25, 0.3) is 0 Å². The number of halogens is 2. The Bertz CT molecular complexity index is 430. The standard InChI is InChI=1S/C16H24BrFN2/c1-3-19-11-13-6-8-20(9-7-13)12(2)15-5-4-14(18)10-16(15)17/h4-5,10,12-13,19H,3,6-9,11H2,1-2H3. The highest BCUT2D eigenvalue weighted by Crippen LogP contribution is 2.31. The van der Waals surface area contributed by atoms with E-state index in [1.165, 1.54) is 18.4 Å². The Balaban J connectivity index is 1.92. The van der Waals surface area contributed by atoms with Crippen LogP contribution >= 0.6 is 15.9 Å². The minimum absolute atomic E-state index is 0.183. The number of rotatable bonds is 5. The van der Waals surface area contributed by atoms with E-state index in [1.54, 1.807) is 12.1 Å². The van der Waals surface area contributed by atoms with E-state index in [-0.39, 0.29) is 5.82 Å². The first kappa shape index (κ1) is 15.9. The number of benzene rings is 1. The summed E-state index contributed by atoms with van der Waals surface area (Å²) < 4.78 is 14.0. The molecular formula is C16H24BrFN2. The van der Waals surface area contributed by atoms with Crippen LogP contribution in [-0.2, 0) is 0 Å². The van der Waals surface area contributed by atoms with Crippen LogP contribution in [0.5, 0.6) is 0 Å². The van der Waals surface area contributed by atoms with Crippen molar-refractivity contribution in [3.8, 4) is 0 Å². The lowest BCUT2D eigenvalue weighted by molar-refractivity contribution is 0.140. The van der Waals surface area contributed by atoms with Gasteiger partial charge in [-0.3, -0.25) is 4.90 Å². The number of hydrogen-bond donors (Lipinski definition) is 1. The molecule has 112 valence electrons. The van der Waals surface area contributed by atoms with E-state index in [9.17, 15) is 4.39 Å². The minimum atomic E-state index is -0.183. The fraction of sp³-hybridized carbons (Fsp3) is 0.625. The summed E-state index contributed by atoms with van der Waals surface area (Å²) in [5.74, 6) is 0.618. The molecule has 1 aromatic rings. The maximum atomic E-state index is 13.2. The fourth-order valence-electron chi connectivity index (χ4n) is 2.93. The van der Waals surface area contributed by atoms with Crippen molar-refractivity contribution < 1.29 is 4.39 Å². The van der Waals surface area contributed by atoms with Crippen molar-refractivity contribution in [2.45, 2.75) is 32.7 Å². The first-order valence-electron chi connectivity index (χ1n) is 7.51. The van der Waals surface area contributed by atoms with Crippen LogP contribution in [0.3, 0.4) is 0 Å². The Kier molecular flexibility index (Phi) is 6.00. The maximum Gasteiger partial charge on any atom is 0.124 e. The molecule has 1 heterocycles. The molecule has 0 aliphatic carbocycles. The van der Waals surface area contributed by atoms with Crippen LogP contribution in [-0.4, -0.2) is 31.1 Å². The normalized spacial score (nSPS) is 19.2. The molecule has 1 N–H and O–H groups in total. The predicted molar refractivity (Wildman–Crippen MR) is 85.4 cm³/mol. The maximum absolute atomic E-state index is 13.2. The van der Waals surface area contributed by atoms with Gasteiger partial charge in [-0.05, 0) is 69.6 Å². The van der Waals surface area contributed by atoms with Gasteiger partial charge in [0.2, 0.25) is 0 Å². The minimum Gasteiger partial charge on any atom is -0.317 e. The molecule has 0 radical (unpaired) electrons. The number of nitrogens with one attached hydrogen (secondary N) is 1. The Labute approximate surface area is 129 Å². The lowest BCUT2D eigenvalue weighted by Crippen LogP contribution is -2.38. The van der Waals surface area contributed by atoms with Gasteiger partial charge in [-0.1, -0.05) is 28.9 Å². The molecule has 1 aliphatic rings. The highest BCUT2D eigenvalue weighted by Gasteiger charge is 2.24. The summed E-state index contributed by atoms with van der Waals surface area (Å²) in [5, 5.41) is 3.44. The van der Waals surface area contributed by atoms with Gasteiger partial charge in [-0.2, -0.15) is 0 Å². The number of hydrogen-bond acceptors (Lipinski definition) is 2. The predicted octanol–water partition coefficient (Wildman–Crippen LogP) is 3.97. The Morgan fingerprint density at radius 2 is 2.10 bits per heavy atom. The SMILES string of the molecule is CCNCC1CCN(C(C)c2ccc(F)cc2Br)CC1. The van der Waals surface area contributed by atoms with Crippen LogP contribution in [0.1, 0.15) is 38.3 Å². The number of likely N-dealkylation sites (tertiary alicyclic amines) is 1. The van der Waals surface area contributed by atoms with E-state index in [0.29, 0.717) is 6.04 Å². The van der Waals surface area contributed by atoms with E-state index < -0.39 is 0 Å². The third kappa shape index (κ3) is 4.03. The Hall–Kier alpha value is -0.450. The van der Waals surface area contributed by atoms with Crippen LogP contribution in [0.2, 0.25) is 0 Å². The largest absolute Gasteiger partial charge is 0.317 e. The number of nitrogens with zero attached hydrogens (tertiary/aromatic N) is 1. The van der Waals surface area contributed by atoms with Crippen molar-refractivity contribution in [2.75, 3.05) is 26.2 Å². The van der Waals surface area contributed by atoms with Crippen molar-refractivity contribution in [1.29, 1.82) is 0 Å². The lowest BCUT2D eigenvalue weighted by atomic mass is 9.94. The zero-order chi connectivity index (χ0) is 14.5. The average Bonchev–Trinajstić information content (AvgIpc) is 2.45. The Morgan fingerprint density at radius 3 is 2.70 bits per heavy atom. The van der Waals surface area contributed by atoms with E-state index in [4.69, 9.17) is 0 Å². The van der Waals surface area contributed by atoms with Gasteiger partial charge in [0.05, 0.1) is 0 Å². The van der Waals surface area contributed by atoms with Gasteiger partial charge in [-0.25, -0.2) is 4.39 Å². The third-order valence-corrected chi connectivity index (χ3v) is 4.98. The van der Waals surface area contributed by atoms with Crippen LogP contribution in [0.15, 0.2) is 22.7 Å². The summed E-state index contributed by atoms with van der Waals surface area (Å²) in [6, 6.07) is 5.35. The van der Waals surface area contributed by atoms with Gasteiger partial charge in [-0.15, -0.1) is 0 Å². The van der Waals surface area contributed by atoms with E-state index >= 15 is 0 Å². The van der Waals surface area contributed by atoms with Crippen LogP contribution in [0.25, 0.3) is 0 Å². The number of piperidine rings is 1. The highest BCUT2D eigenvalue weighted by atomic mass is 79.9. The molecule has 0 aromatic heterocycles. The summed E-state index contributed by atoms with van der Waals surface area (Å²) in [7, 11) is 0. The molecule has 1 aliphatic heterocycles. The van der Waals surface area contributed by atoms with Gasteiger partial charge < -0.3 is 5.32 Å². The third-order valence-electron chi connectivity index (χ3n) is 4.29. The summed E-state index contributed by atoms with van der Waals surface area (Å²) in [6.07, 6.45) is 2.49. The molecule has 0 saturated carbocycles. The van der Waals surface area contributed by atoms with Crippen molar-refractivity contribution in [3.63, 3.8) is 0 Å². The van der Waals surface area contributed by atoms with Gasteiger partial charge >= 0.3 is 0 Å². The second kappa shape index (κ2) is 7.53. The second-order valence-corrected chi connectivity index (χ2v) is 6.48. The van der Waals surface area contributed by atoms with Crippen molar-refractivity contribution in [3.05, 3.63) is 34.1 Å². The highest BCUT2D eigenvalue weighted by molar-refractivity contribution is 9.10. The lowest BCUT2D eigenvalue weighted by Gasteiger charge is -2.36. The van der Waals surface area contributed by atoms with Gasteiger partial charge in [0, 0.05) is 10.5 Å². The molecule has 1 unspecified atom stereocenters. The molecule has 0 bridgehead atoms. The molecule has 4 heteroatoms. The zero-order valence-corrected chi connectivity index (χ0v) is 13.9. The summed E-state index contributed by atoms with van der Waals surface area (Å²) in [4.78, 5) is 2.50. The first-order chi connectivity index (χ1) is 9.61. The smallest absolute Gasteiger partial charge is 0.124 e. The van der Waals surface area contributed by atoms with Crippen molar-refractivity contribution >= 4 is 15.9 Å². The molecule has 2 nitrogen and oxygen atoms in total. The second-order valence-electron chi connectivity index (χ2n) is 5.63. The molecule has 1 aromatic carbocycles. The molecule has 0 amide bonds. The van der Waals surface area contributed by atoms with Gasteiger partial charge in [0.15, 0.2) is 0 Å². The topological polar surface area (TPSA) is 15.3 Å². The van der Waals surface area contributed by atoms with Crippen molar-refractivity contribution in [2.24, 2.45) is 5.92 Å². The van der Waals surface area contributed by atoms with Crippen LogP contribution in [0.4, 0.5) is 4.39 Å². The van der Waals surface area contributed by atoms with Crippen LogP contribution in [0, 0.1) is 11.7 Å². The van der Waals surface area contributed by atoms with E-state index in [1.807, 2.05) is 6.07 Å². The quantitative estimate of drug-likeness (QED) is 0.870. The van der Waals surface area contributed by atoms with Gasteiger partial charge in [0.1, 0.15) is 5.82 Å². The average molecular weight is 343 g/mol. The summed E-state index contributed by atoms with van der Waals surface area (Å²) in [5.41, 5.74) is 1.18. The molecule has 1 fully saturated rings. The molecule has 20 heavy (non-hydrogen) atoms. The molecule has 1 atom stereocenters. The summed E-state index contributed by atoms with van der Waals surface area (Å²) in [6.45, 7) is 8.81. The molecule has 2 rings (SSSR count). The monoisotopic (exact) mass is 342 g/mol. The molecule has 0 spiro atoms. The van der Waals surface area contributed by atoms with Crippen molar-refractivity contribution in [1.82, 2.24) is 10.2 Å². The fourth-order valence-corrected chi connectivity index (χ4v) is 3.61.